The van der Waals surface area contributed by atoms with Crippen LogP contribution in [-0.2, 0) is 0 Å². The summed E-state index contributed by atoms with van der Waals surface area (Å²) in [6.07, 6.45) is 4.42. The molecule has 0 amide bonds. The van der Waals surface area contributed by atoms with Crippen LogP contribution in [0.2, 0.25) is 0 Å². The number of hydrogen-bond donors (Lipinski definition) is 1. The van der Waals surface area contributed by atoms with Crippen molar-refractivity contribution in [3.8, 4) is 0 Å². The average Bonchev–Trinajstić information content (AvgIpc) is 2.44. The highest BCUT2D eigenvalue weighted by Crippen LogP contribution is 2.30. The summed E-state index contributed by atoms with van der Waals surface area (Å²) >= 11 is 0. The Morgan fingerprint density at radius 1 is 1.05 bits per heavy atom. The quantitative estimate of drug-likeness (QED) is 0.900. The molecular formula is C17H20N2. The van der Waals surface area contributed by atoms with Crippen LogP contribution in [0.15, 0.2) is 54.7 Å². The maximum Gasteiger partial charge on any atom is 0.0753 e. The first kappa shape index (κ1) is 12.4. The summed E-state index contributed by atoms with van der Waals surface area (Å²) in [6.45, 7) is 2.32. The summed E-state index contributed by atoms with van der Waals surface area (Å²) in [5.74, 6) is 0.859. The predicted octanol–water partition coefficient (Wildman–Crippen LogP) is 3.56. The predicted molar refractivity (Wildman–Crippen MR) is 77.8 cm³/mol. The zero-order valence-electron chi connectivity index (χ0n) is 11.3. The molecule has 1 aliphatic rings. The molecule has 0 bridgehead atoms. The molecule has 0 aliphatic heterocycles. The fourth-order valence-electron chi connectivity index (χ4n) is 2.82. The molecule has 1 aromatic carbocycles. The molecule has 0 radical (unpaired) electrons. The van der Waals surface area contributed by atoms with E-state index in [0.717, 1.165) is 11.6 Å². The third-order valence-corrected chi connectivity index (χ3v) is 3.89. The monoisotopic (exact) mass is 252 g/mol. The summed E-state index contributed by atoms with van der Waals surface area (Å²) in [7, 11) is 0. The van der Waals surface area contributed by atoms with Gasteiger partial charge in [-0.15, -0.1) is 0 Å². The lowest BCUT2D eigenvalue weighted by Crippen LogP contribution is -2.42. The Kier molecular flexibility index (Phi) is 3.60. The van der Waals surface area contributed by atoms with E-state index in [0.29, 0.717) is 6.04 Å². The largest absolute Gasteiger partial charge is 0.302 e. The number of rotatable bonds is 4. The van der Waals surface area contributed by atoms with Crippen molar-refractivity contribution in [2.45, 2.75) is 31.8 Å². The standard InChI is InChI=1S/C17H20N2/c1-13-11-15(12-13)19-17(14-7-3-2-4-8-14)16-9-5-6-10-18-16/h2-10,13,15,17,19H,11-12H2,1H3. The van der Waals surface area contributed by atoms with E-state index in [-0.39, 0.29) is 6.04 Å². The van der Waals surface area contributed by atoms with Crippen LogP contribution in [0.3, 0.4) is 0 Å². The van der Waals surface area contributed by atoms with Gasteiger partial charge >= 0.3 is 0 Å². The third-order valence-electron chi connectivity index (χ3n) is 3.89. The molecule has 1 atom stereocenters. The highest BCUT2D eigenvalue weighted by atomic mass is 15.0. The molecule has 1 heterocycles. The highest BCUT2D eigenvalue weighted by molar-refractivity contribution is 5.27. The summed E-state index contributed by atoms with van der Waals surface area (Å²) in [5.41, 5.74) is 2.40. The molecule has 1 unspecified atom stereocenters. The average molecular weight is 252 g/mol. The number of pyridine rings is 1. The van der Waals surface area contributed by atoms with Gasteiger partial charge < -0.3 is 5.32 Å². The first-order chi connectivity index (χ1) is 9.33. The fraction of sp³-hybridized carbons (Fsp3) is 0.353. The molecule has 98 valence electrons. The van der Waals surface area contributed by atoms with Crippen LogP contribution < -0.4 is 5.32 Å². The zero-order valence-corrected chi connectivity index (χ0v) is 11.3. The first-order valence-electron chi connectivity index (χ1n) is 7.05. The Morgan fingerprint density at radius 3 is 2.42 bits per heavy atom. The molecule has 1 saturated carbocycles. The molecule has 1 aromatic heterocycles. The van der Waals surface area contributed by atoms with Crippen molar-refractivity contribution < 1.29 is 0 Å². The van der Waals surface area contributed by atoms with Gasteiger partial charge in [-0.25, -0.2) is 0 Å². The highest BCUT2D eigenvalue weighted by Gasteiger charge is 2.28. The van der Waals surface area contributed by atoms with E-state index in [9.17, 15) is 0 Å². The topological polar surface area (TPSA) is 24.9 Å². The van der Waals surface area contributed by atoms with Crippen LogP contribution in [0.1, 0.15) is 37.1 Å². The van der Waals surface area contributed by atoms with Crippen molar-refractivity contribution in [3.05, 3.63) is 66.0 Å². The third kappa shape index (κ3) is 2.85. The number of aromatic nitrogens is 1. The van der Waals surface area contributed by atoms with Crippen LogP contribution in [0.4, 0.5) is 0 Å². The minimum Gasteiger partial charge on any atom is -0.302 e. The smallest absolute Gasteiger partial charge is 0.0753 e. The lowest BCUT2D eigenvalue weighted by molar-refractivity contribution is 0.229. The second kappa shape index (κ2) is 5.54. The van der Waals surface area contributed by atoms with Crippen LogP contribution in [0, 0.1) is 5.92 Å². The van der Waals surface area contributed by atoms with Gasteiger partial charge in [0.15, 0.2) is 0 Å². The Balaban J connectivity index is 1.83. The van der Waals surface area contributed by atoms with Crippen molar-refractivity contribution in [2.75, 3.05) is 0 Å². The van der Waals surface area contributed by atoms with Crippen LogP contribution in [-0.4, -0.2) is 11.0 Å². The fourth-order valence-corrected chi connectivity index (χ4v) is 2.82. The summed E-state index contributed by atoms with van der Waals surface area (Å²) in [4.78, 5) is 4.52. The van der Waals surface area contributed by atoms with E-state index < -0.39 is 0 Å². The molecule has 3 rings (SSSR count). The van der Waals surface area contributed by atoms with Crippen molar-refractivity contribution in [3.63, 3.8) is 0 Å². The number of nitrogens with zero attached hydrogens (tertiary/aromatic N) is 1. The van der Waals surface area contributed by atoms with Crippen molar-refractivity contribution in [1.82, 2.24) is 10.3 Å². The van der Waals surface area contributed by atoms with Gasteiger partial charge in [-0.05, 0) is 36.5 Å². The van der Waals surface area contributed by atoms with E-state index in [2.05, 4.69) is 59.7 Å². The van der Waals surface area contributed by atoms with Crippen molar-refractivity contribution >= 4 is 0 Å². The van der Waals surface area contributed by atoms with Crippen LogP contribution in [0.5, 0.6) is 0 Å². The van der Waals surface area contributed by atoms with Gasteiger partial charge in [-0.1, -0.05) is 43.3 Å². The molecule has 2 aromatic rings. The number of hydrogen-bond acceptors (Lipinski definition) is 2. The van der Waals surface area contributed by atoms with E-state index in [1.165, 1.54) is 18.4 Å². The number of benzene rings is 1. The molecule has 0 saturated heterocycles. The Labute approximate surface area is 114 Å². The van der Waals surface area contributed by atoms with Crippen LogP contribution >= 0.6 is 0 Å². The maximum absolute atomic E-state index is 4.52. The Bertz CT molecular complexity index is 464. The molecular weight excluding hydrogens is 232 g/mol. The van der Waals surface area contributed by atoms with Crippen molar-refractivity contribution in [2.24, 2.45) is 5.92 Å². The molecule has 1 N–H and O–H groups in total. The van der Waals surface area contributed by atoms with Gasteiger partial charge in [0, 0.05) is 12.2 Å². The lowest BCUT2D eigenvalue weighted by atomic mass is 9.81. The second-order valence-electron chi connectivity index (χ2n) is 5.54. The molecule has 1 aliphatic carbocycles. The maximum atomic E-state index is 4.52. The minimum atomic E-state index is 0.208. The van der Waals surface area contributed by atoms with Gasteiger partial charge in [-0.3, -0.25) is 4.98 Å². The Morgan fingerprint density at radius 2 is 1.79 bits per heavy atom. The van der Waals surface area contributed by atoms with Gasteiger partial charge in [-0.2, -0.15) is 0 Å². The van der Waals surface area contributed by atoms with E-state index >= 15 is 0 Å². The summed E-state index contributed by atoms with van der Waals surface area (Å²) in [5, 5.41) is 3.75. The molecule has 0 spiro atoms. The van der Waals surface area contributed by atoms with E-state index in [1.807, 2.05) is 12.3 Å². The van der Waals surface area contributed by atoms with Crippen molar-refractivity contribution in [1.29, 1.82) is 0 Å². The molecule has 19 heavy (non-hydrogen) atoms. The van der Waals surface area contributed by atoms with E-state index in [1.54, 1.807) is 0 Å². The number of nitrogens with one attached hydrogen (secondary N) is 1. The minimum absolute atomic E-state index is 0.208. The Hall–Kier alpha value is -1.67. The lowest BCUT2D eigenvalue weighted by Gasteiger charge is -2.36. The van der Waals surface area contributed by atoms with Gasteiger partial charge in [0.1, 0.15) is 0 Å². The SMILES string of the molecule is CC1CC(NC(c2ccccc2)c2ccccn2)C1. The van der Waals surface area contributed by atoms with Gasteiger partial charge in [0.2, 0.25) is 0 Å². The molecule has 2 nitrogen and oxygen atoms in total. The normalized spacial score (nSPS) is 23.6. The van der Waals surface area contributed by atoms with E-state index in [4.69, 9.17) is 0 Å². The van der Waals surface area contributed by atoms with Crippen LogP contribution in [0.25, 0.3) is 0 Å². The second-order valence-corrected chi connectivity index (χ2v) is 5.54. The summed E-state index contributed by atoms with van der Waals surface area (Å²) in [6, 6.07) is 17.6. The first-order valence-corrected chi connectivity index (χ1v) is 7.05. The zero-order chi connectivity index (χ0) is 13.1. The molecule has 2 heteroatoms. The molecule has 1 fully saturated rings. The summed E-state index contributed by atoms with van der Waals surface area (Å²) < 4.78 is 0. The van der Waals surface area contributed by atoms with Gasteiger partial charge in [0.05, 0.1) is 11.7 Å². The van der Waals surface area contributed by atoms with Gasteiger partial charge in [0.25, 0.3) is 0 Å².